The minimum absolute atomic E-state index is 0.0950. The van der Waals surface area contributed by atoms with Gasteiger partial charge >= 0.3 is 0 Å². The van der Waals surface area contributed by atoms with Crippen molar-refractivity contribution in [2.75, 3.05) is 6.61 Å². The highest BCUT2D eigenvalue weighted by atomic mass is 28.4. The maximum atomic E-state index is 14.1. The quantitative estimate of drug-likeness (QED) is 0.215. The summed E-state index contributed by atoms with van der Waals surface area (Å²) in [4.78, 5) is 14.1. The topological polar surface area (TPSA) is 96.2 Å². The van der Waals surface area contributed by atoms with Gasteiger partial charge in [0.25, 0.3) is 0 Å². The second-order valence-electron chi connectivity index (χ2n) is 15.0. The van der Waals surface area contributed by atoms with E-state index in [0.29, 0.717) is 34.4 Å². The molecule has 40 heavy (non-hydrogen) atoms. The summed E-state index contributed by atoms with van der Waals surface area (Å²) < 4.78 is 13.9. The molecule has 0 aliphatic heterocycles. The average Bonchev–Trinajstić information content (AvgIpc) is 2.97. The summed E-state index contributed by atoms with van der Waals surface area (Å²) in [5.74, 6) is -2.04. The van der Waals surface area contributed by atoms with Crippen LogP contribution in [0.25, 0.3) is 0 Å². The maximum absolute atomic E-state index is 14.1. The van der Waals surface area contributed by atoms with E-state index in [1.807, 2.05) is 19.1 Å². The van der Waals surface area contributed by atoms with Gasteiger partial charge in [-0.15, -0.1) is 0 Å². The van der Waals surface area contributed by atoms with Crippen molar-refractivity contribution in [1.82, 2.24) is 0 Å². The normalized spacial score (nSPS) is 36.9. The highest BCUT2D eigenvalue weighted by molar-refractivity contribution is 6.77. The molecule has 0 aromatic heterocycles. The van der Waals surface area contributed by atoms with Crippen LogP contribution in [0.5, 0.6) is 0 Å². The summed E-state index contributed by atoms with van der Waals surface area (Å²) in [5, 5.41) is 36.2. The van der Waals surface area contributed by atoms with Crippen molar-refractivity contribution < 1.29 is 29.0 Å². The monoisotopic (exact) mass is 592 g/mol. The second-order valence-corrected chi connectivity index (χ2v) is 24.9. The van der Waals surface area contributed by atoms with Crippen molar-refractivity contribution in [3.8, 4) is 0 Å². The first-order chi connectivity index (χ1) is 18.1. The van der Waals surface area contributed by atoms with Gasteiger partial charge in [0.05, 0.1) is 18.3 Å². The molecular formula is C32H56O6Si2. The Balaban J connectivity index is 2.27. The molecular weight excluding hydrogens is 537 g/mol. The van der Waals surface area contributed by atoms with Crippen molar-refractivity contribution in [3.63, 3.8) is 0 Å². The molecule has 0 saturated heterocycles. The predicted octanol–water partition coefficient (Wildman–Crippen LogP) is 6.30. The van der Waals surface area contributed by atoms with Gasteiger partial charge in [-0.3, -0.25) is 4.79 Å². The number of fused-ring (bicyclic) bond motifs is 3. The number of carbonyl (C=O) groups is 1. The van der Waals surface area contributed by atoms with Gasteiger partial charge < -0.3 is 24.2 Å². The van der Waals surface area contributed by atoms with E-state index in [2.05, 4.69) is 67.8 Å². The van der Waals surface area contributed by atoms with Gasteiger partial charge in [0.2, 0.25) is 8.32 Å². The van der Waals surface area contributed by atoms with E-state index in [-0.39, 0.29) is 18.6 Å². The molecule has 228 valence electrons. The third-order valence-corrected chi connectivity index (χ3v) is 17.3. The molecule has 0 aromatic carbocycles. The fraction of sp³-hybridized carbons (Fsp3) is 0.781. The molecule has 6 nitrogen and oxygen atoms in total. The molecule has 8 heteroatoms. The molecule has 0 aromatic rings. The SMILES string of the molecule is C=C(C)[C@@]1(O)C[C@@H](C)[C@@]2(O)[C@@H](C=C(CO[Si](C(C)C)(C(C)C)C(C)C)C[C@]3(O[Si](C)(C)C)C(=O)C(C)=C[C@@H]23)[C@H]1O. The summed E-state index contributed by atoms with van der Waals surface area (Å²) >= 11 is 0. The van der Waals surface area contributed by atoms with Crippen molar-refractivity contribution >= 4 is 22.4 Å². The van der Waals surface area contributed by atoms with E-state index in [4.69, 9.17) is 8.85 Å². The third kappa shape index (κ3) is 5.14. The van der Waals surface area contributed by atoms with E-state index < -0.39 is 57.3 Å². The number of aliphatic hydroxyl groups is 3. The molecule has 3 rings (SSSR count). The van der Waals surface area contributed by atoms with Crippen LogP contribution in [0.15, 0.2) is 35.5 Å². The van der Waals surface area contributed by atoms with Gasteiger partial charge in [0, 0.05) is 18.3 Å². The van der Waals surface area contributed by atoms with Crippen LogP contribution in [0.1, 0.15) is 75.2 Å². The lowest BCUT2D eigenvalue weighted by atomic mass is 9.55. The van der Waals surface area contributed by atoms with Crippen LogP contribution in [-0.2, 0) is 13.6 Å². The molecule has 0 spiro atoms. The molecule has 0 amide bonds. The Morgan fingerprint density at radius 2 is 1.60 bits per heavy atom. The molecule has 0 bridgehead atoms. The first kappa shape index (κ1) is 33.6. The standard InChI is InChI=1S/C32H56O6Si2/c1-19(2)30(35)16-24(10)32(36)26(29(30)34)15-25(18-37-40(20(3)4,21(5)6)22(7)8)17-31(38-39(11,12)13)27(32)14-23(9)28(31)33/h14-15,20-22,24,26-27,29,34-36H,1,16-18H2,2-13H3/t24-,26+,27-,29-,30+,31-,32-/m1/s1. The molecule has 1 saturated carbocycles. The Kier molecular flexibility index (Phi) is 9.24. The van der Waals surface area contributed by atoms with Gasteiger partial charge in [-0.1, -0.05) is 67.2 Å². The van der Waals surface area contributed by atoms with Gasteiger partial charge in [0.15, 0.2) is 14.1 Å². The molecule has 3 aliphatic carbocycles. The lowest BCUT2D eigenvalue weighted by Gasteiger charge is -2.57. The first-order valence-corrected chi connectivity index (χ1v) is 20.7. The number of aliphatic hydroxyl groups excluding tert-OH is 1. The third-order valence-electron chi connectivity index (χ3n) is 10.3. The second kappa shape index (κ2) is 11.0. The fourth-order valence-electron chi connectivity index (χ4n) is 8.59. The Morgan fingerprint density at radius 3 is 2.05 bits per heavy atom. The number of ketones is 1. The minimum atomic E-state index is -2.30. The van der Waals surface area contributed by atoms with Gasteiger partial charge in [-0.2, -0.15) is 0 Å². The fourth-order valence-corrected chi connectivity index (χ4v) is 15.4. The Hall–Kier alpha value is -0.876. The van der Waals surface area contributed by atoms with Crippen LogP contribution in [0.3, 0.4) is 0 Å². The van der Waals surface area contributed by atoms with Crippen molar-refractivity contribution in [3.05, 3.63) is 35.5 Å². The molecule has 3 aliphatic rings. The van der Waals surface area contributed by atoms with E-state index in [1.54, 1.807) is 13.8 Å². The maximum Gasteiger partial charge on any atom is 0.200 e. The zero-order valence-corrected chi connectivity index (χ0v) is 29.1. The largest absolute Gasteiger partial charge is 0.412 e. The zero-order chi connectivity index (χ0) is 30.8. The Morgan fingerprint density at radius 1 is 1.07 bits per heavy atom. The molecule has 0 radical (unpaired) electrons. The van der Waals surface area contributed by atoms with Crippen LogP contribution >= 0.6 is 0 Å². The summed E-state index contributed by atoms with van der Waals surface area (Å²) in [6, 6.07) is 0. The van der Waals surface area contributed by atoms with E-state index in [1.165, 1.54) is 0 Å². The number of rotatable bonds is 9. The van der Waals surface area contributed by atoms with E-state index >= 15 is 0 Å². The Labute approximate surface area is 245 Å². The predicted molar refractivity (Wildman–Crippen MR) is 167 cm³/mol. The molecule has 0 heterocycles. The molecule has 1 fully saturated rings. The summed E-state index contributed by atoms with van der Waals surface area (Å²) in [6.45, 7) is 29.4. The van der Waals surface area contributed by atoms with Gasteiger partial charge in [-0.05, 0) is 79.2 Å². The smallest absolute Gasteiger partial charge is 0.200 e. The van der Waals surface area contributed by atoms with Crippen LogP contribution in [0.2, 0.25) is 36.3 Å². The van der Waals surface area contributed by atoms with Crippen LogP contribution in [0, 0.1) is 17.8 Å². The van der Waals surface area contributed by atoms with Crippen LogP contribution < -0.4 is 0 Å². The van der Waals surface area contributed by atoms with E-state index in [0.717, 1.165) is 5.57 Å². The number of hydrogen-bond acceptors (Lipinski definition) is 6. The minimum Gasteiger partial charge on any atom is -0.412 e. The lowest BCUT2D eigenvalue weighted by Crippen LogP contribution is -2.68. The average molecular weight is 593 g/mol. The van der Waals surface area contributed by atoms with Gasteiger partial charge in [-0.25, -0.2) is 0 Å². The van der Waals surface area contributed by atoms with E-state index in [9.17, 15) is 20.1 Å². The lowest BCUT2D eigenvalue weighted by molar-refractivity contribution is -0.221. The highest BCUT2D eigenvalue weighted by Crippen LogP contribution is 2.59. The molecule has 3 N–H and O–H groups in total. The van der Waals surface area contributed by atoms with Gasteiger partial charge in [0.1, 0.15) is 11.2 Å². The van der Waals surface area contributed by atoms with Crippen molar-refractivity contribution in [1.29, 1.82) is 0 Å². The summed E-state index contributed by atoms with van der Waals surface area (Å²) in [5.41, 5.74) is -1.33. The number of Topliss-reactive ketones (excluding diaryl/α,β-unsaturated/α-hetero) is 1. The van der Waals surface area contributed by atoms with Crippen molar-refractivity contribution in [2.45, 2.75) is 134 Å². The van der Waals surface area contributed by atoms with Crippen LogP contribution in [-0.4, -0.2) is 67.3 Å². The highest BCUT2D eigenvalue weighted by Gasteiger charge is 2.68. The molecule has 7 atom stereocenters. The first-order valence-electron chi connectivity index (χ1n) is 15.2. The number of hydrogen-bond donors (Lipinski definition) is 3. The molecule has 0 unspecified atom stereocenters. The summed E-state index contributed by atoms with van der Waals surface area (Å²) in [6.07, 6.45) is 2.92. The number of carbonyl (C=O) groups excluding carboxylic acids is 1. The zero-order valence-electron chi connectivity index (χ0n) is 27.1. The Bertz CT molecular complexity index is 1050. The van der Waals surface area contributed by atoms with Crippen LogP contribution in [0.4, 0.5) is 0 Å². The van der Waals surface area contributed by atoms with Crippen molar-refractivity contribution in [2.24, 2.45) is 17.8 Å². The summed E-state index contributed by atoms with van der Waals surface area (Å²) in [7, 11) is -4.56.